The molecule has 45 heavy (non-hydrogen) atoms. The lowest BCUT2D eigenvalue weighted by Crippen LogP contribution is -2.41. The fourth-order valence-corrected chi connectivity index (χ4v) is 6.37. The number of alkyl halides is 9. The van der Waals surface area contributed by atoms with Crippen LogP contribution in [0.3, 0.4) is 0 Å². The molecule has 1 amide bonds. The number of cyclic esters (lactones) is 1. The molecule has 1 aromatic rings. The lowest BCUT2D eigenvalue weighted by atomic mass is 9.77. The van der Waals surface area contributed by atoms with Gasteiger partial charge in [0.05, 0.1) is 30.6 Å². The second-order valence-electron chi connectivity index (χ2n) is 12.1. The molecular formula is C31H33F10NO3. The topological polar surface area (TPSA) is 38.8 Å². The molecule has 5 atom stereocenters. The van der Waals surface area contributed by atoms with Gasteiger partial charge in [-0.1, -0.05) is 26.8 Å². The van der Waals surface area contributed by atoms with Crippen LogP contribution in [0.4, 0.5) is 48.7 Å². The van der Waals surface area contributed by atoms with Crippen molar-refractivity contribution in [1.82, 2.24) is 4.90 Å². The van der Waals surface area contributed by atoms with Gasteiger partial charge in [-0.3, -0.25) is 4.90 Å². The van der Waals surface area contributed by atoms with Crippen molar-refractivity contribution in [3.8, 4) is 5.75 Å². The van der Waals surface area contributed by atoms with E-state index in [4.69, 9.17) is 9.47 Å². The van der Waals surface area contributed by atoms with Crippen molar-refractivity contribution < 1.29 is 58.2 Å². The van der Waals surface area contributed by atoms with Crippen LogP contribution in [-0.2, 0) is 4.74 Å². The first kappa shape index (κ1) is 34.7. The monoisotopic (exact) mass is 657 g/mol. The number of nitrogens with zero attached hydrogens (tertiary/aromatic N) is 1. The molecule has 4 rings (SSSR count). The van der Waals surface area contributed by atoms with E-state index in [1.807, 2.05) is 0 Å². The van der Waals surface area contributed by atoms with E-state index in [0.717, 1.165) is 17.9 Å². The third-order valence-electron chi connectivity index (χ3n) is 8.92. The van der Waals surface area contributed by atoms with Crippen LogP contribution in [0.5, 0.6) is 5.75 Å². The standard InChI is InChI=1S/C31H33F10NO3/c1-14(2)21-11-23(26(44-5)12-25(21)32)20-7-6-18(29(33,34)35)8-17(20)13-42-16(4)27(45-28(42)43)22-9-19(30(36,37)38)10-24(15(22)3)31(39,40)41/h9-12,14-16,18,24,27H,6-8,13H2,1-5H3/t15?,16-,18?,24?,27-/m0/s1. The Labute approximate surface area is 253 Å². The largest absolute Gasteiger partial charge is 0.496 e. The van der Waals surface area contributed by atoms with Gasteiger partial charge in [-0.2, -0.15) is 39.5 Å². The van der Waals surface area contributed by atoms with E-state index in [-0.39, 0.29) is 41.7 Å². The highest BCUT2D eigenvalue weighted by molar-refractivity contribution is 5.77. The number of methoxy groups -OCH3 is 1. The molecule has 0 aromatic heterocycles. The fraction of sp³-hybridized carbons (Fsp3) is 0.581. The Hall–Kier alpha value is -3.19. The van der Waals surface area contributed by atoms with Crippen molar-refractivity contribution in [2.75, 3.05) is 13.7 Å². The number of benzene rings is 1. The molecule has 0 N–H and O–H groups in total. The average Bonchev–Trinajstić information content (AvgIpc) is 3.19. The summed E-state index contributed by atoms with van der Waals surface area (Å²) >= 11 is 0. The number of hydrogen-bond donors (Lipinski definition) is 0. The number of allylic oxidation sites excluding steroid dienone is 4. The summed E-state index contributed by atoms with van der Waals surface area (Å²) in [7, 11) is 1.27. The summed E-state index contributed by atoms with van der Waals surface area (Å²) in [5.74, 6) is -6.60. The number of carbonyl (C=O) groups excluding carboxylic acids is 1. The van der Waals surface area contributed by atoms with E-state index in [0.29, 0.717) is 17.2 Å². The second-order valence-corrected chi connectivity index (χ2v) is 12.1. The summed E-state index contributed by atoms with van der Waals surface area (Å²) in [5, 5.41) is 0. The van der Waals surface area contributed by atoms with Gasteiger partial charge in [0.25, 0.3) is 0 Å². The van der Waals surface area contributed by atoms with Crippen molar-refractivity contribution in [3.05, 3.63) is 57.9 Å². The molecule has 4 nitrogen and oxygen atoms in total. The van der Waals surface area contributed by atoms with Gasteiger partial charge in [0.2, 0.25) is 0 Å². The van der Waals surface area contributed by atoms with Gasteiger partial charge in [0, 0.05) is 18.2 Å². The van der Waals surface area contributed by atoms with E-state index < -0.39 is 84.5 Å². The van der Waals surface area contributed by atoms with Crippen LogP contribution in [0.25, 0.3) is 5.57 Å². The molecule has 0 radical (unpaired) electrons. The molecule has 1 fully saturated rings. The molecule has 0 spiro atoms. The number of halogens is 10. The molecule has 0 saturated carbocycles. The van der Waals surface area contributed by atoms with Gasteiger partial charge in [-0.25, -0.2) is 9.18 Å². The Morgan fingerprint density at radius 1 is 1.02 bits per heavy atom. The van der Waals surface area contributed by atoms with Crippen LogP contribution >= 0.6 is 0 Å². The predicted molar refractivity (Wildman–Crippen MR) is 145 cm³/mol. The number of rotatable bonds is 6. The Morgan fingerprint density at radius 3 is 2.20 bits per heavy atom. The molecule has 1 aromatic carbocycles. The second kappa shape index (κ2) is 12.2. The van der Waals surface area contributed by atoms with Crippen LogP contribution in [-0.4, -0.2) is 55.3 Å². The first-order valence-electron chi connectivity index (χ1n) is 14.3. The van der Waals surface area contributed by atoms with Gasteiger partial charge < -0.3 is 9.47 Å². The van der Waals surface area contributed by atoms with Gasteiger partial charge in [0.1, 0.15) is 17.7 Å². The number of hydrogen-bond acceptors (Lipinski definition) is 3. The zero-order valence-electron chi connectivity index (χ0n) is 25.1. The van der Waals surface area contributed by atoms with Crippen molar-refractivity contribution in [1.29, 1.82) is 0 Å². The van der Waals surface area contributed by atoms with Crippen LogP contribution < -0.4 is 4.74 Å². The molecule has 1 heterocycles. The normalized spacial score (nSPS) is 26.7. The summed E-state index contributed by atoms with van der Waals surface area (Å²) in [6.07, 6.45) is -17.6. The van der Waals surface area contributed by atoms with Crippen LogP contribution in [0.2, 0.25) is 0 Å². The van der Waals surface area contributed by atoms with Crippen molar-refractivity contribution in [2.45, 2.75) is 83.6 Å². The average molecular weight is 658 g/mol. The molecule has 3 aliphatic rings. The molecule has 3 unspecified atom stereocenters. The highest BCUT2D eigenvalue weighted by atomic mass is 19.4. The summed E-state index contributed by atoms with van der Waals surface area (Å²) in [6, 6.07) is 1.50. The Morgan fingerprint density at radius 2 is 1.67 bits per heavy atom. The number of amides is 1. The van der Waals surface area contributed by atoms with E-state index in [1.165, 1.54) is 20.1 Å². The van der Waals surface area contributed by atoms with Gasteiger partial charge >= 0.3 is 24.6 Å². The maximum Gasteiger partial charge on any atom is 0.416 e. The quantitative estimate of drug-likeness (QED) is 0.286. The van der Waals surface area contributed by atoms with Crippen LogP contribution in [0.1, 0.15) is 64.0 Å². The molecule has 14 heteroatoms. The minimum absolute atomic E-state index is 0.0654. The summed E-state index contributed by atoms with van der Waals surface area (Å²) in [6.45, 7) is 5.46. The van der Waals surface area contributed by atoms with E-state index >= 15 is 0 Å². The lowest BCUT2D eigenvalue weighted by Gasteiger charge is -2.35. The van der Waals surface area contributed by atoms with E-state index in [2.05, 4.69) is 0 Å². The maximum atomic E-state index is 14.8. The summed E-state index contributed by atoms with van der Waals surface area (Å²) in [5.41, 5.74) is -0.760. The summed E-state index contributed by atoms with van der Waals surface area (Å²) < 4.78 is 149. The molecular weight excluding hydrogens is 624 g/mol. The number of ether oxygens (including phenoxy) is 2. The predicted octanol–water partition coefficient (Wildman–Crippen LogP) is 9.53. The zero-order chi connectivity index (χ0) is 33.8. The third-order valence-corrected chi connectivity index (χ3v) is 8.92. The Kier molecular flexibility index (Phi) is 9.40. The molecule has 1 saturated heterocycles. The first-order chi connectivity index (χ1) is 20.6. The van der Waals surface area contributed by atoms with Gasteiger partial charge in [-0.15, -0.1) is 0 Å². The minimum atomic E-state index is -5.11. The molecule has 1 aliphatic heterocycles. The molecule has 0 bridgehead atoms. The van der Waals surface area contributed by atoms with Crippen molar-refractivity contribution >= 4 is 11.7 Å². The third kappa shape index (κ3) is 6.98. The molecule has 250 valence electrons. The van der Waals surface area contributed by atoms with Crippen molar-refractivity contribution in [2.24, 2.45) is 17.8 Å². The maximum absolute atomic E-state index is 14.8. The first-order valence-corrected chi connectivity index (χ1v) is 14.3. The lowest BCUT2D eigenvalue weighted by molar-refractivity contribution is -0.176. The minimum Gasteiger partial charge on any atom is -0.496 e. The summed E-state index contributed by atoms with van der Waals surface area (Å²) in [4.78, 5) is 14.1. The zero-order valence-corrected chi connectivity index (χ0v) is 25.1. The fourth-order valence-electron chi connectivity index (χ4n) is 6.37. The van der Waals surface area contributed by atoms with Crippen molar-refractivity contribution in [3.63, 3.8) is 0 Å². The highest BCUT2D eigenvalue weighted by Crippen LogP contribution is 2.48. The highest BCUT2D eigenvalue weighted by Gasteiger charge is 2.52. The van der Waals surface area contributed by atoms with E-state index in [9.17, 15) is 48.7 Å². The van der Waals surface area contributed by atoms with Crippen LogP contribution in [0, 0.1) is 23.6 Å². The van der Waals surface area contributed by atoms with Gasteiger partial charge in [-0.05, 0) is 72.4 Å². The van der Waals surface area contributed by atoms with E-state index in [1.54, 1.807) is 13.8 Å². The SMILES string of the molecule is COc1cc(F)c(C(C)C)cc1C1=C(CN2C(=O)O[C@H](C3=CC(C(F)(F)F)=CC(C(F)(F)F)C3C)[C@@H]2C)CC(C(F)(F)F)CC1. The Bertz CT molecular complexity index is 1400. The number of carbonyl (C=O) groups is 1. The van der Waals surface area contributed by atoms with Crippen LogP contribution in [0.15, 0.2) is 41.0 Å². The smallest absolute Gasteiger partial charge is 0.416 e. The molecule has 2 aliphatic carbocycles. The van der Waals surface area contributed by atoms with Gasteiger partial charge in [0.15, 0.2) is 0 Å². The Balaban J connectivity index is 1.77.